The lowest BCUT2D eigenvalue weighted by molar-refractivity contribution is -0.121. The molecule has 0 spiro atoms. The lowest BCUT2D eigenvalue weighted by atomic mass is 9.90. The zero-order valence-electron chi connectivity index (χ0n) is 17.2. The average Bonchev–Trinajstić information content (AvgIpc) is 3.40. The molecule has 0 aromatic heterocycles. The summed E-state index contributed by atoms with van der Waals surface area (Å²) in [6.45, 7) is 0.850. The summed E-state index contributed by atoms with van der Waals surface area (Å²) in [5, 5.41) is 11.2. The van der Waals surface area contributed by atoms with Gasteiger partial charge in [-0.25, -0.2) is 0 Å². The standard InChI is InChI=1S/C28H27NO/c30-26(29-17-24-16-18-7-8-23(24)15-18)6-2-3-19-9-10-22-12-11-20-4-1-5-21-13-14-25(19)28(22)27(20)21/h1,4-5,7-14,18,23-24H,2-3,6,15-17H2,(H,29,30). The number of allylic oxidation sites excluding steroid dienone is 2. The third-order valence-corrected chi connectivity index (χ3v) is 7.45. The van der Waals surface area contributed by atoms with Gasteiger partial charge < -0.3 is 5.32 Å². The first-order valence-corrected chi connectivity index (χ1v) is 11.4. The molecule has 2 heteroatoms. The van der Waals surface area contributed by atoms with Crippen LogP contribution in [0.25, 0.3) is 32.3 Å². The summed E-state index contributed by atoms with van der Waals surface area (Å²) in [5.74, 6) is 2.33. The summed E-state index contributed by atoms with van der Waals surface area (Å²) >= 11 is 0. The van der Waals surface area contributed by atoms with Crippen molar-refractivity contribution in [3.8, 4) is 0 Å². The van der Waals surface area contributed by atoms with Crippen molar-refractivity contribution in [2.45, 2.75) is 32.1 Å². The van der Waals surface area contributed by atoms with E-state index in [2.05, 4.69) is 72.1 Å². The summed E-state index contributed by atoms with van der Waals surface area (Å²) in [4.78, 5) is 12.4. The average molecular weight is 394 g/mol. The Morgan fingerprint density at radius 2 is 1.63 bits per heavy atom. The Hall–Kier alpha value is -2.87. The van der Waals surface area contributed by atoms with Crippen LogP contribution in [0.1, 0.15) is 31.2 Å². The van der Waals surface area contributed by atoms with Crippen LogP contribution in [0.4, 0.5) is 0 Å². The van der Waals surface area contributed by atoms with Crippen LogP contribution >= 0.6 is 0 Å². The molecule has 0 aliphatic heterocycles. The Morgan fingerprint density at radius 3 is 2.40 bits per heavy atom. The van der Waals surface area contributed by atoms with E-state index in [0.717, 1.165) is 25.3 Å². The van der Waals surface area contributed by atoms with E-state index in [4.69, 9.17) is 0 Å². The van der Waals surface area contributed by atoms with Gasteiger partial charge in [0.05, 0.1) is 0 Å². The van der Waals surface area contributed by atoms with E-state index in [1.54, 1.807) is 0 Å². The van der Waals surface area contributed by atoms with Gasteiger partial charge in [-0.15, -0.1) is 0 Å². The molecule has 2 aliphatic carbocycles. The molecule has 2 aliphatic rings. The maximum Gasteiger partial charge on any atom is 0.220 e. The number of rotatable bonds is 6. The van der Waals surface area contributed by atoms with Crippen molar-refractivity contribution in [1.29, 1.82) is 0 Å². The molecule has 1 N–H and O–H groups in total. The van der Waals surface area contributed by atoms with Crippen LogP contribution in [0.5, 0.6) is 0 Å². The highest BCUT2D eigenvalue weighted by Gasteiger charge is 2.35. The third kappa shape index (κ3) is 2.98. The molecular weight excluding hydrogens is 366 g/mol. The van der Waals surface area contributed by atoms with Gasteiger partial charge in [-0.1, -0.05) is 66.7 Å². The molecule has 2 bridgehead atoms. The Morgan fingerprint density at radius 1 is 0.867 bits per heavy atom. The van der Waals surface area contributed by atoms with Crippen molar-refractivity contribution in [1.82, 2.24) is 5.32 Å². The predicted octanol–water partition coefficient (Wildman–Crippen LogP) is 6.24. The number of hydrogen-bond donors (Lipinski definition) is 1. The normalized spacial score (nSPS) is 22.6. The highest BCUT2D eigenvalue weighted by molar-refractivity contribution is 6.23. The molecule has 1 amide bonds. The van der Waals surface area contributed by atoms with E-state index >= 15 is 0 Å². The van der Waals surface area contributed by atoms with Gasteiger partial charge in [-0.2, -0.15) is 0 Å². The summed E-state index contributed by atoms with van der Waals surface area (Å²) in [6.07, 6.45) is 9.72. The van der Waals surface area contributed by atoms with Crippen molar-refractivity contribution in [3.05, 3.63) is 72.3 Å². The van der Waals surface area contributed by atoms with Crippen LogP contribution in [0.2, 0.25) is 0 Å². The van der Waals surface area contributed by atoms with Crippen molar-refractivity contribution >= 4 is 38.2 Å². The number of carbonyl (C=O) groups excluding carboxylic acids is 1. The second-order valence-corrected chi connectivity index (χ2v) is 9.28. The molecule has 6 rings (SSSR count). The second-order valence-electron chi connectivity index (χ2n) is 9.28. The Bertz CT molecular complexity index is 1250. The summed E-state index contributed by atoms with van der Waals surface area (Å²) in [5.41, 5.74) is 1.35. The zero-order valence-corrected chi connectivity index (χ0v) is 17.2. The lowest BCUT2D eigenvalue weighted by Gasteiger charge is -2.18. The molecule has 3 atom stereocenters. The van der Waals surface area contributed by atoms with Gasteiger partial charge in [0.15, 0.2) is 0 Å². The number of fused-ring (bicyclic) bond motifs is 2. The zero-order chi connectivity index (χ0) is 20.1. The molecule has 2 nitrogen and oxygen atoms in total. The fraction of sp³-hybridized carbons (Fsp3) is 0.321. The number of nitrogens with one attached hydrogen (secondary N) is 1. The predicted molar refractivity (Wildman–Crippen MR) is 125 cm³/mol. The Kier molecular flexibility index (Phi) is 4.26. The molecule has 30 heavy (non-hydrogen) atoms. The van der Waals surface area contributed by atoms with Gasteiger partial charge in [0, 0.05) is 13.0 Å². The van der Waals surface area contributed by atoms with E-state index in [0.29, 0.717) is 18.3 Å². The topological polar surface area (TPSA) is 29.1 Å². The van der Waals surface area contributed by atoms with Crippen molar-refractivity contribution in [2.24, 2.45) is 17.8 Å². The first kappa shape index (κ1) is 17.9. The second kappa shape index (κ2) is 7.12. The van der Waals surface area contributed by atoms with Crippen molar-refractivity contribution in [2.75, 3.05) is 6.54 Å². The number of aryl methyl sites for hydroxylation is 1. The van der Waals surface area contributed by atoms with E-state index in [-0.39, 0.29) is 5.91 Å². The molecule has 0 saturated heterocycles. The molecule has 0 heterocycles. The molecule has 1 fully saturated rings. The minimum Gasteiger partial charge on any atom is -0.356 e. The van der Waals surface area contributed by atoms with Crippen LogP contribution < -0.4 is 5.32 Å². The van der Waals surface area contributed by atoms with Gasteiger partial charge in [0.2, 0.25) is 5.91 Å². The summed E-state index contributed by atoms with van der Waals surface area (Å²) in [7, 11) is 0. The fourth-order valence-electron chi connectivity index (χ4n) is 5.92. The first-order chi connectivity index (χ1) is 14.8. The molecule has 150 valence electrons. The highest BCUT2D eigenvalue weighted by atomic mass is 16.1. The van der Waals surface area contributed by atoms with Gasteiger partial charge in [0.25, 0.3) is 0 Å². The number of benzene rings is 4. The largest absolute Gasteiger partial charge is 0.356 e. The molecular formula is C28H27NO. The fourth-order valence-corrected chi connectivity index (χ4v) is 5.92. The number of hydrogen-bond acceptors (Lipinski definition) is 1. The van der Waals surface area contributed by atoms with E-state index in [1.807, 2.05) is 0 Å². The molecule has 0 radical (unpaired) electrons. The lowest BCUT2D eigenvalue weighted by Crippen LogP contribution is -2.30. The van der Waals surface area contributed by atoms with Crippen molar-refractivity contribution in [3.63, 3.8) is 0 Å². The van der Waals surface area contributed by atoms with Crippen LogP contribution in [0.3, 0.4) is 0 Å². The van der Waals surface area contributed by atoms with Crippen LogP contribution in [-0.4, -0.2) is 12.5 Å². The van der Waals surface area contributed by atoms with Crippen molar-refractivity contribution < 1.29 is 4.79 Å². The van der Waals surface area contributed by atoms with Gasteiger partial charge >= 0.3 is 0 Å². The number of carbonyl (C=O) groups is 1. The molecule has 1 saturated carbocycles. The maximum absolute atomic E-state index is 12.4. The minimum atomic E-state index is 0.208. The highest BCUT2D eigenvalue weighted by Crippen LogP contribution is 2.43. The monoisotopic (exact) mass is 393 g/mol. The van der Waals surface area contributed by atoms with Crippen LogP contribution in [-0.2, 0) is 11.2 Å². The van der Waals surface area contributed by atoms with E-state index in [9.17, 15) is 4.79 Å². The third-order valence-electron chi connectivity index (χ3n) is 7.45. The quantitative estimate of drug-likeness (QED) is 0.305. The molecule has 3 unspecified atom stereocenters. The van der Waals surface area contributed by atoms with E-state index in [1.165, 1.54) is 50.7 Å². The van der Waals surface area contributed by atoms with Gasteiger partial charge in [-0.3, -0.25) is 4.79 Å². The SMILES string of the molecule is O=C(CCCc1ccc2ccc3cccc4ccc1c2c34)NCC1CC2C=CC1C2. The van der Waals surface area contributed by atoms with Crippen LogP contribution in [0, 0.1) is 17.8 Å². The molecule has 4 aromatic carbocycles. The van der Waals surface area contributed by atoms with Gasteiger partial charge in [0.1, 0.15) is 0 Å². The van der Waals surface area contributed by atoms with E-state index < -0.39 is 0 Å². The minimum absolute atomic E-state index is 0.208. The smallest absolute Gasteiger partial charge is 0.220 e. The first-order valence-electron chi connectivity index (χ1n) is 11.4. The van der Waals surface area contributed by atoms with Gasteiger partial charge in [-0.05, 0) is 81.3 Å². The summed E-state index contributed by atoms with van der Waals surface area (Å²) in [6, 6.07) is 20.0. The molecule has 4 aromatic rings. The van der Waals surface area contributed by atoms with Crippen LogP contribution in [0.15, 0.2) is 66.7 Å². The maximum atomic E-state index is 12.4. The Labute approximate surface area is 177 Å². The number of amides is 1. The summed E-state index contributed by atoms with van der Waals surface area (Å²) < 4.78 is 0. The Balaban J connectivity index is 1.15.